The van der Waals surface area contributed by atoms with E-state index in [4.69, 9.17) is 19.3 Å². The summed E-state index contributed by atoms with van der Waals surface area (Å²) in [7, 11) is 3.05. The Morgan fingerprint density at radius 2 is 1.87 bits per heavy atom. The van der Waals surface area contributed by atoms with E-state index in [1.165, 1.54) is 25.8 Å². The van der Waals surface area contributed by atoms with Gasteiger partial charge in [0, 0.05) is 0 Å². The summed E-state index contributed by atoms with van der Waals surface area (Å²) in [5, 5.41) is 12.2. The number of rotatable bonds is 7. The monoisotopic (exact) mass is 428 g/mol. The Kier molecular flexibility index (Phi) is 6.63. The largest absolute Gasteiger partial charge is 0.497 e. The highest BCUT2D eigenvalue weighted by Gasteiger charge is 2.24. The van der Waals surface area contributed by atoms with Gasteiger partial charge in [-0.15, -0.1) is 0 Å². The van der Waals surface area contributed by atoms with Crippen molar-refractivity contribution in [1.29, 1.82) is 0 Å². The lowest BCUT2D eigenvalue weighted by molar-refractivity contribution is -0.144. The molecule has 156 valence electrons. The predicted octanol–water partition coefficient (Wildman–Crippen LogP) is 3.45. The van der Waals surface area contributed by atoms with Crippen LogP contribution in [0.3, 0.4) is 0 Å². The van der Waals surface area contributed by atoms with Gasteiger partial charge in [-0.2, -0.15) is 0 Å². The van der Waals surface area contributed by atoms with E-state index in [9.17, 15) is 9.59 Å². The number of amidine groups is 1. The molecule has 9 heteroatoms. The van der Waals surface area contributed by atoms with Crippen molar-refractivity contribution in [3.05, 3.63) is 52.9 Å². The maximum atomic E-state index is 12.3. The summed E-state index contributed by atoms with van der Waals surface area (Å²) in [6, 6.07) is 12.2. The second-order valence-corrected chi connectivity index (χ2v) is 7.22. The standard InChI is InChI=1S/C21H20N2O6S/c1-12(20(25)26)29-16-9-4-13(10-17(16)28-3)11-18-19(24)23-21(30-18)22-14-5-7-15(27-2)8-6-14/h4-12H,1-3H3,(H,25,26)(H,22,23,24)/b18-11-/t12-/m0/s1. The predicted molar refractivity (Wildman–Crippen MR) is 115 cm³/mol. The molecule has 1 heterocycles. The summed E-state index contributed by atoms with van der Waals surface area (Å²) >= 11 is 1.22. The quantitative estimate of drug-likeness (QED) is 0.651. The molecule has 0 unspecified atom stereocenters. The first kappa shape index (κ1) is 21.3. The number of nitrogens with one attached hydrogen (secondary N) is 1. The minimum absolute atomic E-state index is 0.258. The van der Waals surface area contributed by atoms with Crippen molar-refractivity contribution in [2.45, 2.75) is 13.0 Å². The number of carboxylic acid groups (broad SMARTS) is 1. The Hall–Kier alpha value is -3.46. The molecule has 1 aliphatic rings. The molecule has 2 aromatic carbocycles. The smallest absolute Gasteiger partial charge is 0.344 e. The number of carbonyl (C=O) groups is 2. The molecule has 1 fully saturated rings. The van der Waals surface area contributed by atoms with E-state index in [1.807, 2.05) is 0 Å². The van der Waals surface area contributed by atoms with Gasteiger partial charge in [-0.05, 0) is 66.7 Å². The number of aliphatic imine (C=N–C) groups is 1. The lowest BCUT2D eigenvalue weighted by atomic mass is 10.2. The zero-order valence-corrected chi connectivity index (χ0v) is 17.4. The molecule has 1 atom stereocenters. The van der Waals surface area contributed by atoms with E-state index in [0.29, 0.717) is 32.8 Å². The van der Waals surface area contributed by atoms with Gasteiger partial charge < -0.3 is 24.6 Å². The van der Waals surface area contributed by atoms with Gasteiger partial charge in [-0.25, -0.2) is 9.79 Å². The van der Waals surface area contributed by atoms with Gasteiger partial charge in [-0.3, -0.25) is 4.79 Å². The average Bonchev–Trinajstić information content (AvgIpc) is 3.08. The molecular formula is C21H20N2O6S. The fourth-order valence-electron chi connectivity index (χ4n) is 2.52. The van der Waals surface area contributed by atoms with Crippen LogP contribution in [-0.2, 0) is 9.59 Å². The van der Waals surface area contributed by atoms with E-state index in [0.717, 1.165) is 5.75 Å². The highest BCUT2D eigenvalue weighted by Crippen LogP contribution is 2.33. The fourth-order valence-corrected chi connectivity index (χ4v) is 3.36. The van der Waals surface area contributed by atoms with E-state index in [-0.39, 0.29) is 5.91 Å². The minimum atomic E-state index is -1.08. The highest BCUT2D eigenvalue weighted by molar-refractivity contribution is 8.18. The first-order chi connectivity index (χ1) is 14.4. The van der Waals surface area contributed by atoms with Crippen molar-refractivity contribution < 1.29 is 28.9 Å². The Morgan fingerprint density at radius 1 is 1.13 bits per heavy atom. The van der Waals surface area contributed by atoms with Gasteiger partial charge >= 0.3 is 5.97 Å². The third-order valence-corrected chi connectivity index (χ3v) is 5.00. The summed E-state index contributed by atoms with van der Waals surface area (Å²) < 4.78 is 15.8. The van der Waals surface area contributed by atoms with Gasteiger partial charge in [-0.1, -0.05) is 6.07 Å². The minimum Gasteiger partial charge on any atom is -0.497 e. The van der Waals surface area contributed by atoms with Crippen LogP contribution in [-0.4, -0.2) is 42.5 Å². The topological polar surface area (TPSA) is 106 Å². The van der Waals surface area contributed by atoms with Crippen LogP contribution >= 0.6 is 11.8 Å². The number of hydrogen-bond acceptors (Lipinski definition) is 7. The molecule has 1 aliphatic heterocycles. The number of benzene rings is 2. The normalized spacial score (nSPS) is 17.0. The van der Waals surface area contributed by atoms with E-state index in [1.54, 1.807) is 55.7 Å². The van der Waals surface area contributed by atoms with E-state index >= 15 is 0 Å². The molecule has 1 saturated heterocycles. The van der Waals surface area contributed by atoms with E-state index < -0.39 is 12.1 Å². The molecular weight excluding hydrogens is 408 g/mol. The van der Waals surface area contributed by atoms with Crippen LogP contribution in [0.25, 0.3) is 6.08 Å². The number of amides is 1. The number of thioether (sulfide) groups is 1. The maximum Gasteiger partial charge on any atom is 0.344 e. The highest BCUT2D eigenvalue weighted by atomic mass is 32.2. The molecule has 3 rings (SSSR count). The van der Waals surface area contributed by atoms with Crippen molar-refractivity contribution in [2.75, 3.05) is 14.2 Å². The third-order valence-electron chi connectivity index (χ3n) is 4.09. The number of nitrogens with zero attached hydrogens (tertiary/aromatic N) is 1. The van der Waals surface area contributed by atoms with Gasteiger partial charge in [0.15, 0.2) is 22.8 Å². The van der Waals surface area contributed by atoms with Gasteiger partial charge in [0.1, 0.15) is 5.75 Å². The molecule has 2 aromatic rings. The van der Waals surface area contributed by atoms with Crippen LogP contribution in [0, 0.1) is 0 Å². The molecule has 0 aliphatic carbocycles. The van der Waals surface area contributed by atoms with Crippen LogP contribution in [0.1, 0.15) is 12.5 Å². The molecule has 1 amide bonds. The molecule has 0 aromatic heterocycles. The van der Waals surface area contributed by atoms with Crippen molar-refractivity contribution >= 4 is 40.6 Å². The summed E-state index contributed by atoms with van der Waals surface area (Å²) in [6.45, 7) is 1.43. The van der Waals surface area contributed by atoms with Crippen molar-refractivity contribution in [3.8, 4) is 17.2 Å². The lowest BCUT2D eigenvalue weighted by Crippen LogP contribution is -2.23. The van der Waals surface area contributed by atoms with Crippen LogP contribution in [0.5, 0.6) is 17.2 Å². The molecule has 2 N–H and O–H groups in total. The first-order valence-electron chi connectivity index (χ1n) is 8.90. The number of methoxy groups -OCH3 is 2. The lowest BCUT2D eigenvalue weighted by Gasteiger charge is -2.14. The Morgan fingerprint density at radius 3 is 2.50 bits per heavy atom. The first-order valence-corrected chi connectivity index (χ1v) is 9.72. The summed E-state index contributed by atoms with van der Waals surface area (Å²) in [6.07, 6.45) is 0.680. The Bertz CT molecular complexity index is 1020. The maximum absolute atomic E-state index is 12.3. The molecule has 8 nitrogen and oxygen atoms in total. The SMILES string of the molecule is COc1ccc(N=C2NC(=O)/C(=C/c3ccc(O[C@@H](C)C(=O)O)c(OC)c3)S2)cc1. The third kappa shape index (κ3) is 5.12. The molecule has 0 saturated carbocycles. The van der Waals surface area contributed by atoms with Gasteiger partial charge in [0.25, 0.3) is 5.91 Å². The molecule has 0 spiro atoms. The Balaban J connectivity index is 1.78. The fraction of sp³-hybridized carbons (Fsp3) is 0.190. The summed E-state index contributed by atoms with van der Waals surface area (Å²) in [4.78, 5) is 28.2. The molecule has 0 radical (unpaired) electrons. The molecule has 30 heavy (non-hydrogen) atoms. The van der Waals surface area contributed by atoms with Crippen molar-refractivity contribution in [2.24, 2.45) is 4.99 Å². The summed E-state index contributed by atoms with van der Waals surface area (Å²) in [5.41, 5.74) is 1.39. The second-order valence-electron chi connectivity index (χ2n) is 6.19. The number of aliphatic carboxylic acids is 1. The van der Waals surface area contributed by atoms with Crippen LogP contribution in [0.2, 0.25) is 0 Å². The van der Waals surface area contributed by atoms with Crippen LogP contribution < -0.4 is 19.5 Å². The zero-order valence-electron chi connectivity index (χ0n) is 16.5. The number of carbonyl (C=O) groups excluding carboxylic acids is 1. The van der Waals surface area contributed by atoms with Crippen LogP contribution in [0.4, 0.5) is 5.69 Å². The molecule has 0 bridgehead atoms. The summed E-state index contributed by atoms with van der Waals surface area (Å²) in [5.74, 6) is 0.0617. The van der Waals surface area contributed by atoms with Crippen LogP contribution in [0.15, 0.2) is 52.4 Å². The van der Waals surface area contributed by atoms with Crippen molar-refractivity contribution in [3.63, 3.8) is 0 Å². The van der Waals surface area contributed by atoms with Gasteiger partial charge in [0.05, 0.1) is 24.8 Å². The number of hydrogen-bond donors (Lipinski definition) is 2. The van der Waals surface area contributed by atoms with E-state index in [2.05, 4.69) is 10.3 Å². The second kappa shape index (κ2) is 9.36. The zero-order chi connectivity index (χ0) is 21.7. The average molecular weight is 428 g/mol. The van der Waals surface area contributed by atoms with Gasteiger partial charge in [0.2, 0.25) is 0 Å². The Labute approximate surface area is 177 Å². The van der Waals surface area contributed by atoms with Crippen molar-refractivity contribution in [1.82, 2.24) is 5.32 Å². The number of ether oxygens (including phenoxy) is 3. The number of carboxylic acids is 1.